The Morgan fingerprint density at radius 2 is 1.96 bits per heavy atom. The lowest BCUT2D eigenvalue weighted by Crippen LogP contribution is -2.32. The lowest BCUT2D eigenvalue weighted by atomic mass is 9.92. The highest BCUT2D eigenvalue weighted by atomic mass is 19.3. The molecule has 6 nitrogen and oxygen atoms in total. The van der Waals surface area contributed by atoms with Gasteiger partial charge in [0.2, 0.25) is 5.92 Å². The SMILES string of the molecule is FC1(F)CCC(Nc2ccc3ncc(-c4ccc5cn[nH]c5c4)n3n2)CC1. The molecule has 0 amide bonds. The van der Waals surface area contributed by atoms with Crippen LogP contribution in [-0.2, 0) is 0 Å². The van der Waals surface area contributed by atoms with Crippen molar-refractivity contribution in [2.45, 2.75) is 37.6 Å². The Morgan fingerprint density at radius 3 is 2.81 bits per heavy atom. The molecule has 4 aromatic rings. The molecule has 138 valence electrons. The monoisotopic (exact) mass is 368 g/mol. The van der Waals surface area contributed by atoms with Crippen LogP contribution in [0.15, 0.2) is 42.7 Å². The Morgan fingerprint density at radius 1 is 1.11 bits per heavy atom. The fraction of sp³-hybridized carbons (Fsp3) is 0.316. The molecule has 0 atom stereocenters. The first-order chi connectivity index (χ1) is 13.1. The minimum absolute atomic E-state index is 0.0166. The molecule has 1 aromatic carbocycles. The summed E-state index contributed by atoms with van der Waals surface area (Å²) in [4.78, 5) is 4.42. The van der Waals surface area contributed by atoms with Gasteiger partial charge in [0.15, 0.2) is 5.65 Å². The highest BCUT2D eigenvalue weighted by Crippen LogP contribution is 2.34. The minimum atomic E-state index is -2.53. The molecular formula is C19H18F2N6. The maximum atomic E-state index is 13.3. The Kier molecular flexibility index (Phi) is 3.60. The van der Waals surface area contributed by atoms with E-state index >= 15 is 0 Å². The summed E-state index contributed by atoms with van der Waals surface area (Å²) in [6.07, 6.45) is 4.30. The number of hydrogen-bond donors (Lipinski definition) is 2. The van der Waals surface area contributed by atoms with Crippen molar-refractivity contribution in [3.63, 3.8) is 0 Å². The van der Waals surface area contributed by atoms with Crippen LogP contribution in [0.1, 0.15) is 25.7 Å². The largest absolute Gasteiger partial charge is 0.366 e. The Labute approximate surface area is 153 Å². The van der Waals surface area contributed by atoms with Gasteiger partial charge in [0.05, 0.1) is 23.6 Å². The predicted molar refractivity (Wildman–Crippen MR) is 98.9 cm³/mol. The van der Waals surface area contributed by atoms with Gasteiger partial charge in [-0.3, -0.25) is 5.10 Å². The number of anilines is 1. The number of benzene rings is 1. The number of hydrogen-bond acceptors (Lipinski definition) is 4. The number of halogens is 2. The van der Waals surface area contributed by atoms with Crippen LogP contribution in [0.2, 0.25) is 0 Å². The number of H-pyrrole nitrogens is 1. The summed E-state index contributed by atoms with van der Waals surface area (Å²) >= 11 is 0. The second-order valence-electron chi connectivity index (χ2n) is 7.08. The van der Waals surface area contributed by atoms with Crippen molar-refractivity contribution in [1.29, 1.82) is 0 Å². The van der Waals surface area contributed by atoms with Crippen LogP contribution in [0.5, 0.6) is 0 Å². The quantitative estimate of drug-likeness (QED) is 0.567. The van der Waals surface area contributed by atoms with E-state index in [9.17, 15) is 8.78 Å². The highest BCUT2D eigenvalue weighted by molar-refractivity contribution is 5.83. The predicted octanol–water partition coefficient (Wildman–Crippen LogP) is 4.26. The van der Waals surface area contributed by atoms with E-state index in [4.69, 9.17) is 0 Å². The van der Waals surface area contributed by atoms with E-state index < -0.39 is 5.92 Å². The summed E-state index contributed by atoms with van der Waals surface area (Å²) in [6.45, 7) is 0. The maximum absolute atomic E-state index is 13.3. The summed E-state index contributed by atoms with van der Waals surface area (Å²) < 4.78 is 28.5. The Bertz CT molecular complexity index is 1110. The smallest absolute Gasteiger partial charge is 0.248 e. The van der Waals surface area contributed by atoms with Gasteiger partial charge in [0, 0.05) is 29.8 Å². The molecule has 3 aromatic heterocycles. The van der Waals surface area contributed by atoms with Crippen molar-refractivity contribution in [2.24, 2.45) is 0 Å². The molecule has 5 rings (SSSR count). The number of rotatable bonds is 3. The van der Waals surface area contributed by atoms with Gasteiger partial charge in [-0.2, -0.15) is 5.10 Å². The average Bonchev–Trinajstić information content (AvgIpc) is 3.29. The van der Waals surface area contributed by atoms with Gasteiger partial charge in [-0.1, -0.05) is 12.1 Å². The molecule has 8 heteroatoms. The van der Waals surface area contributed by atoms with Crippen LogP contribution in [-0.4, -0.2) is 36.8 Å². The third kappa shape index (κ3) is 3.01. The number of aromatic amines is 1. The third-order valence-electron chi connectivity index (χ3n) is 5.17. The van der Waals surface area contributed by atoms with Crippen LogP contribution < -0.4 is 5.32 Å². The fourth-order valence-electron chi connectivity index (χ4n) is 3.64. The van der Waals surface area contributed by atoms with Crippen molar-refractivity contribution in [2.75, 3.05) is 5.32 Å². The van der Waals surface area contributed by atoms with Gasteiger partial charge in [-0.05, 0) is 31.0 Å². The molecule has 27 heavy (non-hydrogen) atoms. The van der Waals surface area contributed by atoms with Gasteiger partial charge in [-0.25, -0.2) is 18.3 Å². The molecule has 1 aliphatic rings. The Balaban J connectivity index is 1.45. The molecule has 1 fully saturated rings. The van der Waals surface area contributed by atoms with Gasteiger partial charge < -0.3 is 5.32 Å². The van der Waals surface area contributed by atoms with E-state index in [1.54, 1.807) is 16.9 Å². The number of imidazole rings is 1. The lowest BCUT2D eigenvalue weighted by Gasteiger charge is -2.29. The first-order valence-corrected chi connectivity index (χ1v) is 9.00. The molecule has 0 aliphatic heterocycles. The van der Waals surface area contributed by atoms with E-state index in [1.165, 1.54) is 0 Å². The zero-order valence-electron chi connectivity index (χ0n) is 14.5. The normalized spacial score (nSPS) is 17.6. The summed E-state index contributed by atoms with van der Waals surface area (Å²) in [5.41, 5.74) is 3.51. The molecular weight excluding hydrogens is 350 g/mol. The van der Waals surface area contributed by atoms with E-state index in [0.29, 0.717) is 18.7 Å². The van der Waals surface area contributed by atoms with Crippen LogP contribution in [0.3, 0.4) is 0 Å². The van der Waals surface area contributed by atoms with Gasteiger partial charge in [0.1, 0.15) is 5.82 Å². The summed E-state index contributed by atoms with van der Waals surface area (Å²) in [5.74, 6) is -1.86. The first-order valence-electron chi connectivity index (χ1n) is 9.00. The van der Waals surface area contributed by atoms with Crippen molar-refractivity contribution < 1.29 is 8.78 Å². The molecule has 0 spiro atoms. The zero-order valence-corrected chi connectivity index (χ0v) is 14.5. The highest BCUT2D eigenvalue weighted by Gasteiger charge is 2.34. The van der Waals surface area contributed by atoms with Gasteiger partial charge in [0.25, 0.3) is 0 Å². The number of alkyl halides is 2. The van der Waals surface area contributed by atoms with Gasteiger partial charge >= 0.3 is 0 Å². The van der Waals surface area contributed by atoms with E-state index in [1.807, 2.05) is 30.3 Å². The lowest BCUT2D eigenvalue weighted by molar-refractivity contribution is -0.0361. The molecule has 2 N–H and O–H groups in total. The van der Waals surface area contributed by atoms with E-state index in [-0.39, 0.29) is 18.9 Å². The molecule has 3 heterocycles. The van der Waals surface area contributed by atoms with Crippen molar-refractivity contribution >= 4 is 22.4 Å². The first kappa shape index (κ1) is 16.2. The number of nitrogens with one attached hydrogen (secondary N) is 2. The number of nitrogens with zero attached hydrogens (tertiary/aromatic N) is 4. The van der Waals surface area contributed by atoms with Crippen molar-refractivity contribution in [3.05, 3.63) is 42.7 Å². The molecule has 0 unspecified atom stereocenters. The fourth-order valence-corrected chi connectivity index (χ4v) is 3.64. The topological polar surface area (TPSA) is 70.9 Å². The number of fused-ring (bicyclic) bond motifs is 2. The minimum Gasteiger partial charge on any atom is -0.366 e. The Hall–Kier alpha value is -3.03. The van der Waals surface area contributed by atoms with Gasteiger partial charge in [-0.15, -0.1) is 5.10 Å². The zero-order chi connectivity index (χ0) is 18.4. The van der Waals surface area contributed by atoms with Crippen molar-refractivity contribution in [1.82, 2.24) is 24.8 Å². The summed E-state index contributed by atoms with van der Waals surface area (Å²) in [6, 6.07) is 9.76. The molecule has 1 aliphatic carbocycles. The number of aromatic nitrogens is 5. The van der Waals surface area contributed by atoms with Crippen LogP contribution >= 0.6 is 0 Å². The molecule has 0 bridgehead atoms. The second-order valence-corrected chi connectivity index (χ2v) is 7.08. The van der Waals surface area contributed by atoms with E-state index in [0.717, 1.165) is 27.8 Å². The summed E-state index contributed by atoms with van der Waals surface area (Å²) in [7, 11) is 0. The average molecular weight is 368 g/mol. The molecule has 1 saturated carbocycles. The summed E-state index contributed by atoms with van der Waals surface area (Å²) in [5, 5.41) is 16.0. The van der Waals surface area contributed by atoms with Crippen molar-refractivity contribution in [3.8, 4) is 11.3 Å². The van der Waals surface area contributed by atoms with Crippen LogP contribution in [0, 0.1) is 0 Å². The maximum Gasteiger partial charge on any atom is 0.248 e. The van der Waals surface area contributed by atoms with E-state index in [2.05, 4.69) is 25.6 Å². The second kappa shape index (κ2) is 6.00. The van der Waals surface area contributed by atoms with Crippen LogP contribution in [0.4, 0.5) is 14.6 Å². The molecule has 0 saturated heterocycles. The molecule has 0 radical (unpaired) electrons. The third-order valence-corrected chi connectivity index (χ3v) is 5.17. The van der Waals surface area contributed by atoms with Crippen LogP contribution in [0.25, 0.3) is 27.8 Å². The standard InChI is InChI=1S/C19H18F2N6/c20-19(21)7-5-14(6-8-19)24-17-3-4-18-22-11-16(27(18)26-17)12-1-2-13-10-23-25-15(13)9-12/h1-4,9-11,14H,5-8H2,(H,23,25)(H,24,26).